The van der Waals surface area contributed by atoms with Gasteiger partial charge >= 0.3 is 0 Å². The predicted octanol–water partition coefficient (Wildman–Crippen LogP) is 2.88. The van der Waals surface area contributed by atoms with Crippen molar-refractivity contribution in [1.29, 1.82) is 0 Å². The second-order valence-electron chi connectivity index (χ2n) is 7.26. The van der Waals surface area contributed by atoms with Crippen molar-refractivity contribution in [2.24, 2.45) is 11.8 Å². The molecule has 0 bridgehead atoms. The number of likely N-dealkylation sites (N-methyl/N-ethyl adjacent to an activating group) is 1. The third-order valence-corrected chi connectivity index (χ3v) is 5.25. The van der Waals surface area contributed by atoms with E-state index in [1.54, 1.807) is 0 Å². The van der Waals surface area contributed by atoms with Crippen LogP contribution >= 0.6 is 0 Å². The SMILES string of the molecule is CCCNC1CCC(CC)CC1CN(C)C(C)(C)CO. The van der Waals surface area contributed by atoms with E-state index >= 15 is 0 Å². The molecule has 0 aliphatic heterocycles. The summed E-state index contributed by atoms with van der Waals surface area (Å²) in [6, 6.07) is 0.662. The van der Waals surface area contributed by atoms with Gasteiger partial charge in [-0.25, -0.2) is 0 Å². The molecule has 0 aromatic heterocycles. The van der Waals surface area contributed by atoms with E-state index in [1.165, 1.54) is 32.1 Å². The minimum Gasteiger partial charge on any atom is -0.394 e. The zero-order chi connectivity index (χ0) is 15.2. The Hall–Kier alpha value is -0.120. The molecule has 0 radical (unpaired) electrons. The Balaban J connectivity index is 2.63. The maximum absolute atomic E-state index is 9.54. The lowest BCUT2D eigenvalue weighted by Crippen LogP contribution is -2.51. The fourth-order valence-electron chi connectivity index (χ4n) is 3.25. The average Bonchev–Trinajstić information content (AvgIpc) is 2.45. The van der Waals surface area contributed by atoms with Gasteiger partial charge in [0, 0.05) is 18.1 Å². The van der Waals surface area contributed by atoms with Gasteiger partial charge in [0.05, 0.1) is 6.61 Å². The molecular weight excluding hydrogens is 248 g/mol. The highest BCUT2D eigenvalue weighted by atomic mass is 16.3. The largest absolute Gasteiger partial charge is 0.394 e. The van der Waals surface area contributed by atoms with Crippen molar-refractivity contribution in [1.82, 2.24) is 10.2 Å². The fraction of sp³-hybridized carbons (Fsp3) is 1.00. The molecule has 1 fully saturated rings. The molecule has 3 heteroatoms. The van der Waals surface area contributed by atoms with E-state index in [0.29, 0.717) is 6.04 Å². The molecule has 3 nitrogen and oxygen atoms in total. The highest BCUT2D eigenvalue weighted by Gasteiger charge is 2.33. The Bertz CT molecular complexity index is 268. The third-order valence-electron chi connectivity index (χ3n) is 5.25. The first-order valence-corrected chi connectivity index (χ1v) is 8.50. The second kappa shape index (κ2) is 8.35. The van der Waals surface area contributed by atoms with Gasteiger partial charge in [0.15, 0.2) is 0 Å². The molecule has 0 saturated heterocycles. The van der Waals surface area contributed by atoms with Gasteiger partial charge in [-0.05, 0) is 65.0 Å². The topological polar surface area (TPSA) is 35.5 Å². The second-order valence-corrected chi connectivity index (χ2v) is 7.26. The maximum atomic E-state index is 9.54. The highest BCUT2D eigenvalue weighted by Crippen LogP contribution is 2.32. The van der Waals surface area contributed by atoms with Crippen molar-refractivity contribution in [2.45, 2.75) is 71.4 Å². The van der Waals surface area contributed by atoms with E-state index in [9.17, 15) is 5.11 Å². The van der Waals surface area contributed by atoms with Crippen LogP contribution in [0, 0.1) is 11.8 Å². The Kier molecular flexibility index (Phi) is 7.49. The summed E-state index contributed by atoms with van der Waals surface area (Å²) in [5.41, 5.74) is -0.117. The van der Waals surface area contributed by atoms with Gasteiger partial charge in [0.1, 0.15) is 0 Å². The van der Waals surface area contributed by atoms with E-state index in [-0.39, 0.29) is 12.1 Å². The summed E-state index contributed by atoms with van der Waals surface area (Å²) in [5, 5.41) is 13.3. The van der Waals surface area contributed by atoms with Crippen LogP contribution in [0.3, 0.4) is 0 Å². The van der Waals surface area contributed by atoms with Crippen LogP contribution in [-0.4, -0.2) is 48.3 Å². The van der Waals surface area contributed by atoms with Gasteiger partial charge in [-0.1, -0.05) is 20.3 Å². The minimum atomic E-state index is -0.117. The summed E-state index contributed by atoms with van der Waals surface area (Å²) >= 11 is 0. The fourth-order valence-corrected chi connectivity index (χ4v) is 3.25. The third kappa shape index (κ3) is 5.01. The zero-order valence-electron chi connectivity index (χ0n) is 14.3. The first-order chi connectivity index (χ1) is 9.44. The van der Waals surface area contributed by atoms with Crippen LogP contribution in [-0.2, 0) is 0 Å². The van der Waals surface area contributed by atoms with Crippen LogP contribution in [0.5, 0.6) is 0 Å². The summed E-state index contributed by atoms with van der Waals surface area (Å²) in [7, 11) is 2.16. The van der Waals surface area contributed by atoms with Crippen LogP contribution in [0.25, 0.3) is 0 Å². The molecule has 0 aromatic carbocycles. The Morgan fingerprint density at radius 2 is 1.95 bits per heavy atom. The molecule has 120 valence electrons. The number of aliphatic hydroxyl groups excluding tert-OH is 1. The minimum absolute atomic E-state index is 0.117. The van der Waals surface area contributed by atoms with Gasteiger partial charge in [-0.2, -0.15) is 0 Å². The molecule has 2 N–H and O–H groups in total. The zero-order valence-corrected chi connectivity index (χ0v) is 14.3. The van der Waals surface area contributed by atoms with Gasteiger partial charge in [0.2, 0.25) is 0 Å². The standard InChI is InChI=1S/C17H36N2O/c1-6-10-18-16-9-8-14(7-2)11-15(16)12-19(5)17(3,4)13-20/h14-16,18,20H,6-13H2,1-5H3. The molecule has 1 rings (SSSR count). The number of rotatable bonds is 8. The van der Waals surface area contributed by atoms with Gasteiger partial charge in [0.25, 0.3) is 0 Å². The van der Waals surface area contributed by atoms with Crippen LogP contribution in [0.2, 0.25) is 0 Å². The summed E-state index contributed by atoms with van der Waals surface area (Å²) < 4.78 is 0. The monoisotopic (exact) mass is 284 g/mol. The molecule has 20 heavy (non-hydrogen) atoms. The molecule has 3 atom stereocenters. The first-order valence-electron chi connectivity index (χ1n) is 8.50. The Morgan fingerprint density at radius 3 is 2.50 bits per heavy atom. The summed E-state index contributed by atoms with van der Waals surface area (Å²) in [5.74, 6) is 1.61. The van der Waals surface area contributed by atoms with Crippen LogP contribution in [0.4, 0.5) is 0 Å². The van der Waals surface area contributed by atoms with Crippen molar-refractivity contribution < 1.29 is 5.11 Å². The van der Waals surface area contributed by atoms with Crippen molar-refractivity contribution in [3.63, 3.8) is 0 Å². The molecule has 0 amide bonds. The average molecular weight is 284 g/mol. The number of nitrogens with one attached hydrogen (secondary N) is 1. The number of hydrogen-bond acceptors (Lipinski definition) is 3. The van der Waals surface area contributed by atoms with Crippen LogP contribution < -0.4 is 5.32 Å². The van der Waals surface area contributed by atoms with Crippen molar-refractivity contribution in [3.05, 3.63) is 0 Å². The molecular formula is C17H36N2O. The molecule has 0 spiro atoms. The Morgan fingerprint density at radius 1 is 1.25 bits per heavy atom. The maximum Gasteiger partial charge on any atom is 0.0609 e. The van der Waals surface area contributed by atoms with E-state index < -0.39 is 0 Å². The smallest absolute Gasteiger partial charge is 0.0609 e. The van der Waals surface area contributed by atoms with Crippen molar-refractivity contribution >= 4 is 0 Å². The summed E-state index contributed by atoms with van der Waals surface area (Å²) in [6.45, 7) is 11.3. The summed E-state index contributed by atoms with van der Waals surface area (Å²) in [6.07, 6.45) is 6.55. The number of nitrogens with zero attached hydrogens (tertiary/aromatic N) is 1. The van der Waals surface area contributed by atoms with E-state index in [1.807, 2.05) is 0 Å². The molecule has 0 aromatic rings. The van der Waals surface area contributed by atoms with E-state index in [0.717, 1.165) is 24.9 Å². The van der Waals surface area contributed by atoms with E-state index in [4.69, 9.17) is 0 Å². The lowest BCUT2D eigenvalue weighted by Gasteiger charge is -2.42. The lowest BCUT2D eigenvalue weighted by atomic mass is 9.76. The van der Waals surface area contributed by atoms with Crippen LogP contribution in [0.15, 0.2) is 0 Å². The molecule has 1 saturated carbocycles. The summed E-state index contributed by atoms with van der Waals surface area (Å²) in [4.78, 5) is 2.34. The molecule has 3 unspecified atom stereocenters. The van der Waals surface area contributed by atoms with Crippen molar-refractivity contribution in [2.75, 3.05) is 26.7 Å². The normalized spacial score (nSPS) is 28.1. The van der Waals surface area contributed by atoms with Gasteiger partial charge < -0.3 is 10.4 Å². The molecule has 1 aliphatic rings. The number of aliphatic hydroxyl groups is 1. The van der Waals surface area contributed by atoms with E-state index in [2.05, 4.69) is 45.0 Å². The van der Waals surface area contributed by atoms with Crippen molar-refractivity contribution in [3.8, 4) is 0 Å². The number of hydrogen-bond donors (Lipinski definition) is 2. The quantitative estimate of drug-likeness (QED) is 0.719. The van der Waals surface area contributed by atoms with Gasteiger partial charge in [-0.3, -0.25) is 4.90 Å². The highest BCUT2D eigenvalue weighted by molar-refractivity contribution is 4.89. The predicted molar refractivity (Wildman–Crippen MR) is 87.0 cm³/mol. The van der Waals surface area contributed by atoms with Crippen LogP contribution in [0.1, 0.15) is 59.8 Å². The lowest BCUT2D eigenvalue weighted by molar-refractivity contribution is 0.0476. The molecule has 0 heterocycles. The first kappa shape index (κ1) is 17.9. The Labute approximate surface area is 126 Å². The molecule has 1 aliphatic carbocycles. The van der Waals surface area contributed by atoms with Gasteiger partial charge in [-0.15, -0.1) is 0 Å².